The highest BCUT2D eigenvalue weighted by Gasteiger charge is 2.11. The molecular formula is C16H17N3O3. The van der Waals surface area contributed by atoms with E-state index in [0.29, 0.717) is 11.3 Å². The zero-order valence-electron chi connectivity index (χ0n) is 12.7. The van der Waals surface area contributed by atoms with Gasteiger partial charge in [0.05, 0.1) is 6.04 Å². The molecule has 0 aliphatic rings. The van der Waals surface area contributed by atoms with Gasteiger partial charge < -0.3 is 5.32 Å². The molecule has 6 nitrogen and oxygen atoms in total. The number of carbonyl (C=O) groups excluding carboxylic acids is 2. The minimum atomic E-state index is -0.412. The van der Waals surface area contributed by atoms with Crippen LogP contribution in [0.4, 0.5) is 5.69 Å². The summed E-state index contributed by atoms with van der Waals surface area (Å²) in [6, 6.07) is 9.15. The van der Waals surface area contributed by atoms with Crippen LogP contribution in [-0.2, 0) is 0 Å². The van der Waals surface area contributed by atoms with Crippen LogP contribution in [0.25, 0.3) is 0 Å². The molecule has 1 N–H and O–H groups in total. The van der Waals surface area contributed by atoms with Gasteiger partial charge in [-0.05, 0) is 51.1 Å². The van der Waals surface area contributed by atoms with E-state index in [0.717, 1.165) is 0 Å². The second-order valence-electron chi connectivity index (χ2n) is 5.18. The fourth-order valence-corrected chi connectivity index (χ4v) is 1.90. The normalized spacial score (nSPS) is 10.5. The fourth-order valence-electron chi connectivity index (χ4n) is 1.90. The van der Waals surface area contributed by atoms with Crippen LogP contribution in [-0.4, -0.2) is 21.5 Å². The standard InChI is InChI=1S/C16H17N3O3/c1-10(2)19-15(21)9-8-14(18-19)16(22)17-13-6-4-12(5-7-13)11(3)20/h4-10H,1-3H3,(H,17,22). The first-order valence-electron chi connectivity index (χ1n) is 6.90. The van der Waals surface area contributed by atoms with Gasteiger partial charge in [0.25, 0.3) is 11.5 Å². The van der Waals surface area contributed by atoms with Crippen LogP contribution in [0.15, 0.2) is 41.2 Å². The second-order valence-corrected chi connectivity index (χ2v) is 5.18. The summed E-state index contributed by atoms with van der Waals surface area (Å²) >= 11 is 0. The van der Waals surface area contributed by atoms with Crippen LogP contribution < -0.4 is 10.9 Å². The Labute approximate surface area is 127 Å². The Balaban J connectivity index is 2.20. The number of benzene rings is 1. The summed E-state index contributed by atoms with van der Waals surface area (Å²) in [5.41, 5.74) is 1.03. The molecule has 0 saturated heterocycles. The highest BCUT2D eigenvalue weighted by atomic mass is 16.2. The number of Topliss-reactive ketones (excluding diaryl/α,β-unsaturated/α-hetero) is 1. The van der Waals surface area contributed by atoms with Crippen molar-refractivity contribution in [2.75, 3.05) is 5.32 Å². The minimum absolute atomic E-state index is 0.0384. The first kappa shape index (κ1) is 15.6. The summed E-state index contributed by atoms with van der Waals surface area (Å²) in [6.07, 6.45) is 0. The molecule has 0 unspecified atom stereocenters. The van der Waals surface area contributed by atoms with Gasteiger partial charge in [0.1, 0.15) is 5.69 Å². The van der Waals surface area contributed by atoms with Crippen molar-refractivity contribution in [2.45, 2.75) is 26.8 Å². The van der Waals surface area contributed by atoms with Crippen molar-refractivity contribution in [1.29, 1.82) is 0 Å². The van der Waals surface area contributed by atoms with Gasteiger partial charge in [-0.2, -0.15) is 5.10 Å². The van der Waals surface area contributed by atoms with Gasteiger partial charge in [-0.1, -0.05) is 0 Å². The van der Waals surface area contributed by atoms with Crippen molar-refractivity contribution in [3.05, 3.63) is 58.0 Å². The molecule has 2 aromatic rings. The van der Waals surface area contributed by atoms with Crippen LogP contribution in [0.5, 0.6) is 0 Å². The Morgan fingerprint density at radius 2 is 1.73 bits per heavy atom. The zero-order valence-corrected chi connectivity index (χ0v) is 12.7. The van der Waals surface area contributed by atoms with Crippen molar-refractivity contribution in [2.24, 2.45) is 0 Å². The smallest absolute Gasteiger partial charge is 0.276 e. The van der Waals surface area contributed by atoms with Crippen LogP contribution in [0.1, 0.15) is 47.7 Å². The summed E-state index contributed by atoms with van der Waals surface area (Å²) in [5.74, 6) is -0.450. The molecule has 1 aromatic heterocycles. The van der Waals surface area contributed by atoms with Crippen LogP contribution >= 0.6 is 0 Å². The van der Waals surface area contributed by atoms with E-state index in [-0.39, 0.29) is 23.1 Å². The molecule has 1 heterocycles. The molecule has 0 fully saturated rings. The summed E-state index contributed by atoms with van der Waals surface area (Å²) in [5, 5.41) is 6.73. The Hall–Kier alpha value is -2.76. The largest absolute Gasteiger partial charge is 0.321 e. The summed E-state index contributed by atoms with van der Waals surface area (Å²) in [6.45, 7) is 5.11. The number of rotatable bonds is 4. The number of nitrogens with one attached hydrogen (secondary N) is 1. The van der Waals surface area contributed by atoms with Crippen molar-refractivity contribution in [3.8, 4) is 0 Å². The average molecular weight is 299 g/mol. The predicted molar refractivity (Wildman–Crippen MR) is 83.3 cm³/mol. The molecule has 0 bridgehead atoms. The summed E-state index contributed by atoms with van der Waals surface area (Å²) in [4.78, 5) is 35.0. The first-order valence-corrected chi connectivity index (χ1v) is 6.90. The number of aromatic nitrogens is 2. The average Bonchev–Trinajstić information content (AvgIpc) is 2.47. The van der Waals surface area contributed by atoms with E-state index in [9.17, 15) is 14.4 Å². The van der Waals surface area contributed by atoms with Crippen LogP contribution in [0.2, 0.25) is 0 Å². The molecule has 1 aromatic carbocycles. The topological polar surface area (TPSA) is 81.1 Å². The molecular weight excluding hydrogens is 282 g/mol. The molecule has 2 rings (SSSR count). The van der Waals surface area contributed by atoms with Crippen molar-refractivity contribution >= 4 is 17.4 Å². The molecule has 0 aliphatic carbocycles. The van der Waals surface area contributed by atoms with E-state index in [1.807, 2.05) is 13.8 Å². The van der Waals surface area contributed by atoms with Crippen LogP contribution in [0.3, 0.4) is 0 Å². The van der Waals surface area contributed by atoms with Gasteiger partial charge in [-0.15, -0.1) is 0 Å². The lowest BCUT2D eigenvalue weighted by atomic mass is 10.1. The monoisotopic (exact) mass is 299 g/mol. The Morgan fingerprint density at radius 3 is 2.27 bits per heavy atom. The van der Waals surface area contributed by atoms with Gasteiger partial charge in [-0.25, -0.2) is 4.68 Å². The number of anilines is 1. The van der Waals surface area contributed by atoms with Crippen molar-refractivity contribution in [1.82, 2.24) is 9.78 Å². The Morgan fingerprint density at radius 1 is 1.09 bits per heavy atom. The highest BCUT2D eigenvalue weighted by Crippen LogP contribution is 2.11. The third-order valence-electron chi connectivity index (χ3n) is 3.10. The predicted octanol–water partition coefficient (Wildman–Crippen LogP) is 2.28. The van der Waals surface area contributed by atoms with E-state index in [1.165, 1.54) is 23.7 Å². The quantitative estimate of drug-likeness (QED) is 0.878. The van der Waals surface area contributed by atoms with E-state index < -0.39 is 5.91 Å². The minimum Gasteiger partial charge on any atom is -0.321 e. The maximum atomic E-state index is 12.2. The van der Waals surface area contributed by atoms with E-state index in [4.69, 9.17) is 0 Å². The van der Waals surface area contributed by atoms with Gasteiger partial charge >= 0.3 is 0 Å². The SMILES string of the molecule is CC(=O)c1ccc(NC(=O)c2ccc(=O)n(C(C)C)n2)cc1. The van der Waals surface area contributed by atoms with Gasteiger partial charge in [0, 0.05) is 17.3 Å². The third-order valence-corrected chi connectivity index (χ3v) is 3.10. The third kappa shape index (κ3) is 3.46. The highest BCUT2D eigenvalue weighted by molar-refractivity contribution is 6.03. The maximum absolute atomic E-state index is 12.2. The number of hydrogen-bond donors (Lipinski definition) is 1. The summed E-state index contributed by atoms with van der Waals surface area (Å²) in [7, 11) is 0. The maximum Gasteiger partial charge on any atom is 0.276 e. The molecule has 114 valence electrons. The first-order chi connectivity index (χ1) is 10.4. The van der Waals surface area contributed by atoms with Gasteiger partial charge in [-0.3, -0.25) is 14.4 Å². The van der Waals surface area contributed by atoms with Crippen molar-refractivity contribution < 1.29 is 9.59 Å². The Kier molecular flexibility index (Phi) is 4.50. The number of amides is 1. The Bertz CT molecular complexity index is 761. The number of carbonyl (C=O) groups is 2. The van der Waals surface area contributed by atoms with Crippen molar-refractivity contribution in [3.63, 3.8) is 0 Å². The number of ketones is 1. The molecule has 22 heavy (non-hydrogen) atoms. The zero-order chi connectivity index (χ0) is 16.3. The fraction of sp³-hybridized carbons (Fsp3) is 0.250. The van der Waals surface area contributed by atoms with Gasteiger partial charge in [0.15, 0.2) is 5.78 Å². The molecule has 1 amide bonds. The van der Waals surface area contributed by atoms with E-state index in [2.05, 4.69) is 10.4 Å². The molecule has 0 spiro atoms. The van der Waals surface area contributed by atoms with E-state index >= 15 is 0 Å². The van der Waals surface area contributed by atoms with Crippen LogP contribution in [0, 0.1) is 0 Å². The molecule has 0 saturated carbocycles. The molecule has 6 heteroatoms. The lowest BCUT2D eigenvalue weighted by Crippen LogP contribution is -2.27. The summed E-state index contributed by atoms with van der Waals surface area (Å²) < 4.78 is 1.26. The molecule has 0 aliphatic heterocycles. The lowest BCUT2D eigenvalue weighted by molar-refractivity contribution is 0.101. The number of hydrogen-bond acceptors (Lipinski definition) is 4. The van der Waals surface area contributed by atoms with E-state index in [1.54, 1.807) is 24.3 Å². The second kappa shape index (κ2) is 6.34. The molecule has 0 radical (unpaired) electrons. The molecule has 0 atom stereocenters. The lowest BCUT2D eigenvalue weighted by Gasteiger charge is -2.10. The van der Waals surface area contributed by atoms with Gasteiger partial charge in [0.2, 0.25) is 0 Å². The number of nitrogens with zero attached hydrogens (tertiary/aromatic N) is 2.